The smallest absolute Gasteiger partial charge is 0.234 e. The number of halogens is 2. The average Bonchev–Trinajstić information content (AvgIpc) is 2.99. The molecule has 4 nitrogen and oxygen atoms in total. The summed E-state index contributed by atoms with van der Waals surface area (Å²) >= 11 is 13.9. The van der Waals surface area contributed by atoms with Crippen LogP contribution in [-0.4, -0.2) is 21.4 Å². The Kier molecular flexibility index (Phi) is 6.08. The largest absolute Gasteiger partial charge is 0.325 e. The molecule has 26 heavy (non-hydrogen) atoms. The zero-order valence-electron chi connectivity index (χ0n) is 13.5. The lowest BCUT2D eigenvalue weighted by molar-refractivity contribution is -0.113. The number of carbonyl (C=O) groups is 1. The molecule has 1 aromatic heterocycles. The van der Waals surface area contributed by atoms with Gasteiger partial charge in [-0.15, -0.1) is 5.10 Å². The van der Waals surface area contributed by atoms with Crippen LogP contribution in [0.15, 0.2) is 46.8 Å². The van der Waals surface area contributed by atoms with Crippen LogP contribution in [0.1, 0.15) is 5.56 Å². The zero-order valence-corrected chi connectivity index (χ0v) is 16.7. The first-order valence-electron chi connectivity index (χ1n) is 7.48. The van der Waals surface area contributed by atoms with Crippen molar-refractivity contribution in [2.45, 2.75) is 11.3 Å². The molecule has 1 N–H and O–H groups in total. The third-order valence-electron chi connectivity index (χ3n) is 3.47. The van der Waals surface area contributed by atoms with Crippen LogP contribution < -0.4 is 5.32 Å². The molecule has 0 radical (unpaired) electrons. The van der Waals surface area contributed by atoms with Gasteiger partial charge in [-0.05, 0) is 61.1 Å². The fraction of sp³-hybridized carbons (Fsp3) is 0.118. The highest BCUT2D eigenvalue weighted by Gasteiger charge is 2.11. The van der Waals surface area contributed by atoms with Gasteiger partial charge in [0, 0.05) is 10.7 Å². The molecule has 1 amide bonds. The number of benzene rings is 2. The van der Waals surface area contributed by atoms with Crippen molar-refractivity contribution in [3.05, 3.63) is 62.8 Å². The normalized spacial score (nSPS) is 10.7. The summed E-state index contributed by atoms with van der Waals surface area (Å²) in [5.74, 6) is -0.287. The van der Waals surface area contributed by atoms with E-state index < -0.39 is 0 Å². The lowest BCUT2D eigenvalue weighted by atomic mass is 10.2. The molecular formula is C17H13ClFN3OS3. The minimum atomic E-state index is -0.321. The fourth-order valence-corrected chi connectivity index (χ4v) is 4.46. The van der Waals surface area contributed by atoms with E-state index in [0.29, 0.717) is 24.7 Å². The molecule has 0 fully saturated rings. The Bertz CT molecular complexity index is 1000. The fourth-order valence-electron chi connectivity index (χ4n) is 2.12. The van der Waals surface area contributed by atoms with E-state index >= 15 is 0 Å². The summed E-state index contributed by atoms with van der Waals surface area (Å²) in [5, 5.41) is 7.83. The molecule has 134 valence electrons. The SMILES string of the molecule is Cc1c(Cl)cccc1NC(=O)CSc1nn(-c2ccc(F)cc2)c(=S)s1. The molecule has 0 saturated heterocycles. The standard InChI is InChI=1S/C17H13ClFN3OS3/c1-10-13(18)3-2-4-14(10)20-15(23)9-25-16-21-22(17(24)26-16)12-7-5-11(19)6-8-12/h2-8H,9H2,1H3,(H,20,23). The molecule has 2 aromatic carbocycles. The number of amides is 1. The first-order chi connectivity index (χ1) is 12.4. The van der Waals surface area contributed by atoms with Crippen molar-refractivity contribution in [2.75, 3.05) is 11.1 Å². The van der Waals surface area contributed by atoms with Gasteiger partial charge in [0.25, 0.3) is 0 Å². The van der Waals surface area contributed by atoms with Crippen LogP contribution in [0.2, 0.25) is 5.02 Å². The molecule has 0 aliphatic heterocycles. The maximum atomic E-state index is 13.0. The highest BCUT2D eigenvalue weighted by Crippen LogP contribution is 2.26. The predicted molar refractivity (Wildman–Crippen MR) is 108 cm³/mol. The molecule has 0 saturated carbocycles. The number of hydrogen-bond acceptors (Lipinski definition) is 5. The summed E-state index contributed by atoms with van der Waals surface area (Å²) in [6.07, 6.45) is 0. The summed E-state index contributed by atoms with van der Waals surface area (Å²) in [6, 6.07) is 11.3. The van der Waals surface area contributed by atoms with Gasteiger partial charge in [-0.1, -0.05) is 40.8 Å². The van der Waals surface area contributed by atoms with E-state index in [9.17, 15) is 9.18 Å². The van der Waals surface area contributed by atoms with Crippen LogP contribution in [0.4, 0.5) is 10.1 Å². The minimum absolute atomic E-state index is 0.158. The van der Waals surface area contributed by atoms with Gasteiger partial charge in [-0.2, -0.15) is 0 Å². The van der Waals surface area contributed by atoms with Crippen molar-refractivity contribution in [2.24, 2.45) is 0 Å². The lowest BCUT2D eigenvalue weighted by Gasteiger charge is -2.08. The highest BCUT2D eigenvalue weighted by molar-refractivity contribution is 8.01. The van der Waals surface area contributed by atoms with Crippen molar-refractivity contribution in [1.82, 2.24) is 9.78 Å². The van der Waals surface area contributed by atoms with Crippen molar-refractivity contribution < 1.29 is 9.18 Å². The minimum Gasteiger partial charge on any atom is -0.325 e. The number of nitrogens with one attached hydrogen (secondary N) is 1. The second-order valence-electron chi connectivity index (χ2n) is 5.27. The Labute approximate surface area is 168 Å². The molecule has 3 aromatic rings. The monoisotopic (exact) mass is 425 g/mol. The summed E-state index contributed by atoms with van der Waals surface area (Å²) in [7, 11) is 0. The Hall–Kier alpha value is -1.74. The first kappa shape index (κ1) is 19.0. The van der Waals surface area contributed by atoms with Gasteiger partial charge in [0.15, 0.2) is 8.29 Å². The third kappa shape index (κ3) is 4.50. The van der Waals surface area contributed by atoms with Gasteiger partial charge >= 0.3 is 0 Å². The van der Waals surface area contributed by atoms with Gasteiger partial charge in [0.2, 0.25) is 5.91 Å². The number of aromatic nitrogens is 2. The molecule has 0 aliphatic carbocycles. The molecule has 0 spiro atoms. The molecule has 0 aliphatic rings. The van der Waals surface area contributed by atoms with Gasteiger partial charge in [0.1, 0.15) is 5.82 Å². The quantitative estimate of drug-likeness (QED) is 0.433. The van der Waals surface area contributed by atoms with Gasteiger partial charge in [0.05, 0.1) is 11.4 Å². The second kappa shape index (κ2) is 8.30. The highest BCUT2D eigenvalue weighted by atomic mass is 35.5. The van der Waals surface area contributed by atoms with E-state index in [1.54, 1.807) is 35.0 Å². The Morgan fingerprint density at radius 2 is 2.08 bits per heavy atom. The van der Waals surface area contributed by atoms with Gasteiger partial charge in [-0.25, -0.2) is 9.07 Å². The molecule has 0 unspecified atom stereocenters. The Morgan fingerprint density at radius 1 is 1.35 bits per heavy atom. The van der Waals surface area contributed by atoms with Crippen molar-refractivity contribution in [3.63, 3.8) is 0 Å². The van der Waals surface area contributed by atoms with Crippen LogP contribution in [-0.2, 0) is 4.79 Å². The molecule has 3 rings (SSSR count). The van der Waals surface area contributed by atoms with E-state index in [2.05, 4.69) is 10.4 Å². The first-order valence-corrected chi connectivity index (χ1v) is 10.1. The topological polar surface area (TPSA) is 46.9 Å². The van der Waals surface area contributed by atoms with Crippen LogP contribution in [0.3, 0.4) is 0 Å². The summed E-state index contributed by atoms with van der Waals surface area (Å²) in [5.41, 5.74) is 2.19. The maximum absolute atomic E-state index is 13.0. The third-order valence-corrected chi connectivity index (χ3v) is 6.24. The number of anilines is 1. The number of carbonyl (C=O) groups excluding carboxylic acids is 1. The molecule has 1 heterocycles. The van der Waals surface area contributed by atoms with Crippen molar-refractivity contribution in [1.29, 1.82) is 0 Å². The molecular weight excluding hydrogens is 413 g/mol. The predicted octanol–water partition coefficient (Wildman–Crippen LogP) is 5.50. The van der Waals surface area contributed by atoms with Crippen LogP contribution in [0, 0.1) is 16.7 Å². The maximum Gasteiger partial charge on any atom is 0.234 e. The number of hydrogen-bond donors (Lipinski definition) is 1. The van der Waals surface area contributed by atoms with Crippen LogP contribution in [0.5, 0.6) is 0 Å². The number of thioether (sulfide) groups is 1. The lowest BCUT2D eigenvalue weighted by Crippen LogP contribution is -2.14. The average molecular weight is 426 g/mol. The van der Waals surface area contributed by atoms with Crippen LogP contribution >= 0.6 is 46.9 Å². The molecule has 0 atom stereocenters. The van der Waals surface area contributed by atoms with Crippen molar-refractivity contribution >= 4 is 58.5 Å². The van der Waals surface area contributed by atoms with E-state index in [4.69, 9.17) is 23.8 Å². The molecule has 0 bridgehead atoms. The second-order valence-corrected chi connectivity index (χ2v) is 8.52. The number of rotatable bonds is 5. The Morgan fingerprint density at radius 3 is 2.81 bits per heavy atom. The van der Waals surface area contributed by atoms with E-state index in [1.165, 1.54) is 35.2 Å². The zero-order chi connectivity index (χ0) is 18.7. The summed E-state index contributed by atoms with van der Waals surface area (Å²) in [4.78, 5) is 12.2. The van der Waals surface area contributed by atoms with E-state index in [-0.39, 0.29) is 17.5 Å². The van der Waals surface area contributed by atoms with E-state index in [0.717, 1.165) is 5.56 Å². The summed E-state index contributed by atoms with van der Waals surface area (Å²) in [6.45, 7) is 1.85. The van der Waals surface area contributed by atoms with Gasteiger partial charge < -0.3 is 5.32 Å². The summed E-state index contributed by atoms with van der Waals surface area (Å²) < 4.78 is 15.8. The van der Waals surface area contributed by atoms with Crippen LogP contribution in [0.25, 0.3) is 5.69 Å². The number of nitrogens with zero attached hydrogens (tertiary/aromatic N) is 2. The van der Waals surface area contributed by atoms with E-state index in [1.807, 2.05) is 6.92 Å². The van der Waals surface area contributed by atoms with Crippen molar-refractivity contribution in [3.8, 4) is 5.69 Å². The molecule has 9 heteroatoms. The Balaban J connectivity index is 1.66. The van der Waals surface area contributed by atoms with Gasteiger partial charge in [-0.3, -0.25) is 4.79 Å².